The number of fused-ring (bicyclic) bond motifs is 5. The van der Waals surface area contributed by atoms with Gasteiger partial charge in [-0.05, 0) is 73.5 Å². The smallest absolute Gasteiger partial charge is 0.293 e. The third-order valence-electron chi connectivity index (χ3n) is 8.66. The molecule has 6 atom stereocenters. The summed E-state index contributed by atoms with van der Waals surface area (Å²) in [6.45, 7) is 2.86. The molecule has 3 fully saturated rings. The Morgan fingerprint density at radius 1 is 1.27 bits per heavy atom. The number of Topliss-reactive ketones (excluding diaryl/α,β-unsaturated/α-hetero) is 1. The van der Waals surface area contributed by atoms with E-state index in [4.69, 9.17) is 4.74 Å². The van der Waals surface area contributed by atoms with Crippen LogP contribution < -0.4 is 0 Å². The van der Waals surface area contributed by atoms with Crippen molar-refractivity contribution in [3.05, 3.63) is 11.6 Å². The first kappa shape index (κ1) is 18.2. The summed E-state index contributed by atoms with van der Waals surface area (Å²) in [6, 6.07) is 0. The summed E-state index contributed by atoms with van der Waals surface area (Å²) in [6.07, 6.45) is 12.7. The molecule has 144 valence electrons. The maximum atomic E-state index is 12.6. The standard InChI is InChI=1S/C22H32O4/c1-21-11-9-18-16(6-5-15-4-2-3-10-22(15,18)13-23)17(21)7-8-19(21)20(25)12-26-14-24/h7,14-16,18-19,23H,2-6,8-13H2,1H3/t15-,16+,18+,19-,21+,22-/m1/s1. The predicted molar refractivity (Wildman–Crippen MR) is 98.2 cm³/mol. The van der Waals surface area contributed by atoms with E-state index in [1.54, 1.807) is 0 Å². The van der Waals surface area contributed by atoms with Gasteiger partial charge >= 0.3 is 0 Å². The van der Waals surface area contributed by atoms with Gasteiger partial charge in [0.05, 0.1) is 0 Å². The van der Waals surface area contributed by atoms with Crippen molar-refractivity contribution >= 4 is 12.3 Å². The molecule has 4 rings (SSSR count). The highest BCUT2D eigenvalue weighted by atomic mass is 16.5. The second kappa shape index (κ2) is 6.78. The topological polar surface area (TPSA) is 63.6 Å². The lowest BCUT2D eigenvalue weighted by Crippen LogP contribution is -2.54. The quantitative estimate of drug-likeness (QED) is 0.600. The summed E-state index contributed by atoms with van der Waals surface area (Å²) < 4.78 is 4.76. The van der Waals surface area contributed by atoms with Crippen LogP contribution in [0.3, 0.4) is 0 Å². The van der Waals surface area contributed by atoms with Crippen molar-refractivity contribution in [2.45, 2.75) is 64.7 Å². The van der Waals surface area contributed by atoms with Crippen LogP contribution in [0.2, 0.25) is 0 Å². The number of carbonyl (C=O) groups excluding carboxylic acids is 2. The molecule has 0 heterocycles. The van der Waals surface area contributed by atoms with Gasteiger partial charge in [0.15, 0.2) is 5.78 Å². The summed E-state index contributed by atoms with van der Waals surface area (Å²) in [5.74, 6) is 1.80. The summed E-state index contributed by atoms with van der Waals surface area (Å²) in [7, 11) is 0. The molecule has 0 aromatic carbocycles. The Balaban J connectivity index is 1.59. The summed E-state index contributed by atoms with van der Waals surface area (Å²) in [4.78, 5) is 23.1. The van der Waals surface area contributed by atoms with Crippen LogP contribution in [0.25, 0.3) is 0 Å². The van der Waals surface area contributed by atoms with Gasteiger partial charge in [-0.2, -0.15) is 0 Å². The maximum Gasteiger partial charge on any atom is 0.293 e. The van der Waals surface area contributed by atoms with Crippen molar-refractivity contribution in [3.8, 4) is 0 Å². The van der Waals surface area contributed by atoms with Gasteiger partial charge in [-0.3, -0.25) is 9.59 Å². The minimum absolute atomic E-state index is 0.0486. The largest absolute Gasteiger partial charge is 0.460 e. The van der Waals surface area contributed by atoms with Crippen LogP contribution in [-0.4, -0.2) is 30.6 Å². The Bertz CT molecular complexity index is 611. The zero-order valence-corrected chi connectivity index (χ0v) is 15.9. The fourth-order valence-corrected chi connectivity index (χ4v) is 7.42. The van der Waals surface area contributed by atoms with E-state index in [9.17, 15) is 14.7 Å². The molecule has 3 saturated carbocycles. The van der Waals surface area contributed by atoms with Gasteiger partial charge in [-0.15, -0.1) is 0 Å². The summed E-state index contributed by atoms with van der Waals surface area (Å²) in [5, 5.41) is 10.4. The van der Waals surface area contributed by atoms with Crippen LogP contribution in [0, 0.1) is 34.5 Å². The number of allylic oxidation sites excluding steroid dienone is 2. The molecule has 0 aliphatic heterocycles. The van der Waals surface area contributed by atoms with E-state index in [0.717, 1.165) is 19.3 Å². The first-order valence-corrected chi connectivity index (χ1v) is 10.5. The highest BCUT2D eigenvalue weighted by Crippen LogP contribution is 2.65. The maximum absolute atomic E-state index is 12.6. The van der Waals surface area contributed by atoms with Crippen molar-refractivity contribution in [2.75, 3.05) is 13.2 Å². The van der Waals surface area contributed by atoms with Gasteiger partial charge in [-0.1, -0.05) is 31.4 Å². The molecule has 4 aliphatic carbocycles. The van der Waals surface area contributed by atoms with Crippen molar-refractivity contribution in [1.29, 1.82) is 0 Å². The fourth-order valence-electron chi connectivity index (χ4n) is 7.42. The number of hydrogen-bond donors (Lipinski definition) is 1. The molecular formula is C22H32O4. The molecule has 4 heteroatoms. The highest BCUT2D eigenvalue weighted by molar-refractivity contribution is 5.85. The molecule has 0 amide bonds. The normalized spacial score (nSPS) is 44.3. The number of hydrogen-bond acceptors (Lipinski definition) is 4. The number of aliphatic hydroxyl groups is 1. The van der Waals surface area contributed by atoms with Gasteiger partial charge < -0.3 is 9.84 Å². The second-order valence-electron chi connectivity index (χ2n) is 9.40. The molecule has 0 aromatic rings. The minimum Gasteiger partial charge on any atom is -0.460 e. The van der Waals surface area contributed by atoms with Crippen LogP contribution in [0.5, 0.6) is 0 Å². The van der Waals surface area contributed by atoms with Gasteiger partial charge in [0.2, 0.25) is 0 Å². The molecule has 0 bridgehead atoms. The average Bonchev–Trinajstić information content (AvgIpc) is 3.03. The van der Waals surface area contributed by atoms with E-state index in [0.29, 0.717) is 30.8 Å². The van der Waals surface area contributed by atoms with Gasteiger partial charge in [0, 0.05) is 12.5 Å². The van der Waals surface area contributed by atoms with Crippen molar-refractivity contribution in [2.24, 2.45) is 34.5 Å². The third kappa shape index (κ3) is 2.51. The van der Waals surface area contributed by atoms with Crippen molar-refractivity contribution in [3.63, 3.8) is 0 Å². The monoisotopic (exact) mass is 360 g/mol. The van der Waals surface area contributed by atoms with E-state index in [-0.39, 0.29) is 29.1 Å². The van der Waals surface area contributed by atoms with Crippen LogP contribution in [0.4, 0.5) is 0 Å². The third-order valence-corrected chi connectivity index (χ3v) is 8.66. The van der Waals surface area contributed by atoms with E-state index in [2.05, 4.69) is 13.0 Å². The lowest BCUT2D eigenvalue weighted by molar-refractivity contribution is -0.141. The summed E-state index contributed by atoms with van der Waals surface area (Å²) in [5.41, 5.74) is 1.52. The van der Waals surface area contributed by atoms with E-state index in [1.807, 2.05) is 0 Å². The molecule has 0 aromatic heterocycles. The Morgan fingerprint density at radius 2 is 2.12 bits per heavy atom. The molecule has 0 radical (unpaired) electrons. The van der Waals surface area contributed by atoms with Crippen molar-refractivity contribution < 1.29 is 19.4 Å². The molecule has 4 nitrogen and oxygen atoms in total. The van der Waals surface area contributed by atoms with Gasteiger partial charge in [-0.25, -0.2) is 0 Å². The Morgan fingerprint density at radius 3 is 2.88 bits per heavy atom. The molecule has 0 saturated heterocycles. The lowest BCUT2D eigenvalue weighted by Gasteiger charge is -2.59. The molecule has 4 aliphatic rings. The number of rotatable bonds is 5. The number of aliphatic hydroxyl groups excluding tert-OH is 1. The number of ketones is 1. The van der Waals surface area contributed by atoms with Crippen LogP contribution in [0.15, 0.2) is 11.6 Å². The molecule has 0 unspecified atom stereocenters. The van der Waals surface area contributed by atoms with Crippen LogP contribution in [0.1, 0.15) is 64.7 Å². The van der Waals surface area contributed by atoms with E-state index >= 15 is 0 Å². The highest BCUT2D eigenvalue weighted by Gasteiger charge is 2.59. The molecule has 0 spiro atoms. The SMILES string of the molecule is C[C@]12CC[C@H]3[C@@H](CC[C@H]4CCCC[C@@]43CO)C1=CC[C@@H]2C(=O)COC=O. The van der Waals surface area contributed by atoms with Crippen molar-refractivity contribution in [1.82, 2.24) is 0 Å². The minimum atomic E-state index is -0.0956. The Labute approximate surface area is 156 Å². The first-order chi connectivity index (χ1) is 12.6. The van der Waals surface area contributed by atoms with Crippen LogP contribution in [-0.2, 0) is 14.3 Å². The molecule has 1 N–H and O–H groups in total. The zero-order chi connectivity index (χ0) is 18.4. The lowest BCUT2D eigenvalue weighted by atomic mass is 9.45. The Kier molecular flexibility index (Phi) is 4.75. The predicted octanol–water partition coefficient (Wildman–Crippen LogP) is 3.67. The van der Waals surface area contributed by atoms with E-state index < -0.39 is 0 Å². The van der Waals surface area contributed by atoms with Crippen LogP contribution >= 0.6 is 0 Å². The fraction of sp³-hybridized carbons (Fsp3) is 0.818. The van der Waals surface area contributed by atoms with E-state index in [1.165, 1.54) is 44.1 Å². The zero-order valence-electron chi connectivity index (χ0n) is 15.9. The first-order valence-electron chi connectivity index (χ1n) is 10.5. The molecule has 26 heavy (non-hydrogen) atoms. The number of carbonyl (C=O) groups is 2. The Hall–Kier alpha value is -1.16. The second-order valence-corrected chi connectivity index (χ2v) is 9.40. The van der Waals surface area contributed by atoms with Gasteiger partial charge in [0.25, 0.3) is 6.47 Å². The average molecular weight is 360 g/mol. The number of ether oxygens (including phenoxy) is 1. The molecular weight excluding hydrogens is 328 g/mol. The summed E-state index contributed by atoms with van der Waals surface area (Å²) >= 11 is 0. The van der Waals surface area contributed by atoms with Gasteiger partial charge in [0.1, 0.15) is 6.61 Å².